The molecule has 0 aliphatic heterocycles. The fraction of sp³-hybridized carbons (Fsp3) is 0.462. The lowest BCUT2D eigenvalue weighted by atomic mass is 10.1. The number of benzene rings is 1. The molecular weight excluding hydrogens is 214 g/mol. The van der Waals surface area contributed by atoms with Crippen molar-refractivity contribution in [2.75, 3.05) is 27.2 Å². The fourth-order valence-corrected chi connectivity index (χ4v) is 1.54. The number of rotatable bonds is 7. The zero-order chi connectivity index (χ0) is 12.7. The molecule has 1 rings (SSSR count). The van der Waals surface area contributed by atoms with Gasteiger partial charge in [0.15, 0.2) is 0 Å². The molecule has 0 atom stereocenters. The number of nitrogens with two attached hydrogens (primary N) is 1. The van der Waals surface area contributed by atoms with Crippen LogP contribution in [0, 0.1) is 0 Å². The third-order valence-electron chi connectivity index (χ3n) is 2.53. The van der Waals surface area contributed by atoms with E-state index in [0.717, 1.165) is 26.1 Å². The van der Waals surface area contributed by atoms with Crippen LogP contribution in [0.4, 0.5) is 0 Å². The molecule has 0 radical (unpaired) electrons. The van der Waals surface area contributed by atoms with E-state index in [9.17, 15) is 4.79 Å². The molecular formula is C13H21N3O. The van der Waals surface area contributed by atoms with Crippen molar-refractivity contribution in [3.8, 4) is 0 Å². The number of nitrogens with one attached hydrogen (secondary N) is 1. The van der Waals surface area contributed by atoms with Crippen LogP contribution in [0.3, 0.4) is 0 Å². The number of hydrogen-bond acceptors (Lipinski definition) is 3. The number of nitrogens with zero attached hydrogens (tertiary/aromatic N) is 1. The summed E-state index contributed by atoms with van der Waals surface area (Å²) in [7, 11) is 4.14. The van der Waals surface area contributed by atoms with Gasteiger partial charge in [-0.15, -0.1) is 0 Å². The molecule has 0 saturated carbocycles. The maximum absolute atomic E-state index is 10.9. The lowest BCUT2D eigenvalue weighted by molar-refractivity contribution is 0.100. The molecule has 0 aliphatic rings. The van der Waals surface area contributed by atoms with Gasteiger partial charge in [-0.2, -0.15) is 0 Å². The van der Waals surface area contributed by atoms with Gasteiger partial charge in [-0.1, -0.05) is 12.1 Å². The summed E-state index contributed by atoms with van der Waals surface area (Å²) in [5, 5.41) is 3.36. The molecule has 1 aromatic carbocycles. The maximum atomic E-state index is 10.9. The molecule has 0 spiro atoms. The largest absolute Gasteiger partial charge is 0.366 e. The van der Waals surface area contributed by atoms with Crippen LogP contribution in [0.25, 0.3) is 0 Å². The van der Waals surface area contributed by atoms with Gasteiger partial charge in [0, 0.05) is 12.1 Å². The van der Waals surface area contributed by atoms with E-state index in [1.165, 1.54) is 5.56 Å². The lowest BCUT2D eigenvalue weighted by Crippen LogP contribution is -2.21. The summed E-state index contributed by atoms with van der Waals surface area (Å²) in [4.78, 5) is 13.0. The van der Waals surface area contributed by atoms with E-state index in [1.807, 2.05) is 12.1 Å². The number of hydrogen-bond donors (Lipinski definition) is 2. The van der Waals surface area contributed by atoms with Crippen LogP contribution in [0.1, 0.15) is 22.3 Å². The summed E-state index contributed by atoms with van der Waals surface area (Å²) >= 11 is 0. The van der Waals surface area contributed by atoms with Gasteiger partial charge < -0.3 is 16.0 Å². The highest BCUT2D eigenvalue weighted by atomic mass is 16.1. The van der Waals surface area contributed by atoms with Crippen LogP contribution in [0.5, 0.6) is 0 Å². The second-order valence-electron chi connectivity index (χ2n) is 4.39. The Labute approximate surface area is 103 Å². The van der Waals surface area contributed by atoms with Crippen molar-refractivity contribution < 1.29 is 4.79 Å². The molecule has 1 amide bonds. The summed E-state index contributed by atoms with van der Waals surface area (Å²) in [6.07, 6.45) is 1.13. The third kappa shape index (κ3) is 5.47. The number of carbonyl (C=O) groups excluding carboxylic acids is 1. The second-order valence-corrected chi connectivity index (χ2v) is 4.39. The highest BCUT2D eigenvalue weighted by molar-refractivity contribution is 5.92. The van der Waals surface area contributed by atoms with Crippen molar-refractivity contribution >= 4 is 5.91 Å². The van der Waals surface area contributed by atoms with Crippen molar-refractivity contribution in [3.05, 3.63) is 35.4 Å². The van der Waals surface area contributed by atoms with E-state index in [4.69, 9.17) is 5.73 Å². The molecule has 94 valence electrons. The summed E-state index contributed by atoms with van der Waals surface area (Å²) < 4.78 is 0. The first-order chi connectivity index (χ1) is 8.09. The Balaban J connectivity index is 2.25. The fourth-order valence-electron chi connectivity index (χ4n) is 1.54. The highest BCUT2D eigenvalue weighted by Crippen LogP contribution is 2.03. The van der Waals surface area contributed by atoms with Gasteiger partial charge in [-0.25, -0.2) is 0 Å². The van der Waals surface area contributed by atoms with E-state index in [1.54, 1.807) is 12.1 Å². The van der Waals surface area contributed by atoms with Crippen molar-refractivity contribution in [1.29, 1.82) is 0 Å². The summed E-state index contributed by atoms with van der Waals surface area (Å²) in [6.45, 7) is 2.91. The molecule has 1 aromatic rings. The van der Waals surface area contributed by atoms with E-state index >= 15 is 0 Å². The van der Waals surface area contributed by atoms with Crippen LogP contribution in [0.15, 0.2) is 24.3 Å². The number of amides is 1. The van der Waals surface area contributed by atoms with Gasteiger partial charge in [0.25, 0.3) is 0 Å². The molecule has 3 N–H and O–H groups in total. The molecule has 0 fully saturated rings. The molecule has 0 heterocycles. The Bertz CT molecular complexity index is 346. The summed E-state index contributed by atoms with van der Waals surface area (Å²) in [5.41, 5.74) is 6.90. The minimum absolute atomic E-state index is 0.379. The second kappa shape index (κ2) is 7.04. The average Bonchev–Trinajstić information content (AvgIpc) is 2.29. The van der Waals surface area contributed by atoms with E-state index in [0.29, 0.717) is 5.56 Å². The van der Waals surface area contributed by atoms with Crippen molar-refractivity contribution in [1.82, 2.24) is 10.2 Å². The third-order valence-corrected chi connectivity index (χ3v) is 2.53. The zero-order valence-electron chi connectivity index (χ0n) is 10.6. The Kier molecular flexibility index (Phi) is 5.66. The van der Waals surface area contributed by atoms with Gasteiger partial charge in [-0.05, 0) is 51.3 Å². The average molecular weight is 235 g/mol. The predicted octanol–water partition coefficient (Wildman–Crippen LogP) is 0.827. The molecule has 4 nitrogen and oxygen atoms in total. The lowest BCUT2D eigenvalue weighted by Gasteiger charge is -2.09. The van der Waals surface area contributed by atoms with E-state index in [-0.39, 0.29) is 5.91 Å². The number of carbonyl (C=O) groups is 1. The Hall–Kier alpha value is -1.39. The monoisotopic (exact) mass is 235 g/mol. The molecule has 0 saturated heterocycles. The standard InChI is InChI=1S/C13H21N3O/c1-16(2)9-3-8-15-10-11-4-6-12(7-5-11)13(14)17/h4-7,15H,3,8-10H2,1-2H3,(H2,14,17). The predicted molar refractivity (Wildman–Crippen MR) is 69.8 cm³/mol. The van der Waals surface area contributed by atoms with E-state index in [2.05, 4.69) is 24.3 Å². The normalized spacial score (nSPS) is 10.8. The van der Waals surface area contributed by atoms with Crippen molar-refractivity contribution in [2.45, 2.75) is 13.0 Å². The smallest absolute Gasteiger partial charge is 0.248 e. The molecule has 4 heteroatoms. The van der Waals surface area contributed by atoms with E-state index < -0.39 is 0 Å². The summed E-state index contributed by atoms with van der Waals surface area (Å²) in [6, 6.07) is 7.39. The quantitative estimate of drug-likeness (QED) is 0.688. The van der Waals surface area contributed by atoms with Crippen LogP contribution in [-0.4, -0.2) is 38.0 Å². The van der Waals surface area contributed by atoms with Crippen LogP contribution < -0.4 is 11.1 Å². The topological polar surface area (TPSA) is 58.4 Å². The van der Waals surface area contributed by atoms with Crippen molar-refractivity contribution in [3.63, 3.8) is 0 Å². The first-order valence-electron chi connectivity index (χ1n) is 5.84. The van der Waals surface area contributed by atoms with Gasteiger partial charge in [0.1, 0.15) is 0 Å². The Morgan fingerprint density at radius 1 is 1.29 bits per heavy atom. The molecule has 0 unspecified atom stereocenters. The van der Waals surface area contributed by atoms with Crippen LogP contribution in [-0.2, 0) is 6.54 Å². The zero-order valence-corrected chi connectivity index (χ0v) is 10.6. The highest BCUT2D eigenvalue weighted by Gasteiger charge is 1.99. The summed E-state index contributed by atoms with van der Waals surface area (Å²) in [5.74, 6) is -0.379. The SMILES string of the molecule is CN(C)CCCNCc1ccc(C(N)=O)cc1. The molecule has 0 aliphatic carbocycles. The minimum Gasteiger partial charge on any atom is -0.366 e. The Morgan fingerprint density at radius 2 is 1.94 bits per heavy atom. The van der Waals surface area contributed by atoms with Crippen LogP contribution >= 0.6 is 0 Å². The molecule has 0 bridgehead atoms. The maximum Gasteiger partial charge on any atom is 0.248 e. The first kappa shape index (κ1) is 13.7. The Morgan fingerprint density at radius 3 is 2.47 bits per heavy atom. The number of primary amides is 1. The first-order valence-corrected chi connectivity index (χ1v) is 5.84. The van der Waals surface area contributed by atoms with Crippen molar-refractivity contribution in [2.24, 2.45) is 5.73 Å². The molecule has 0 aromatic heterocycles. The van der Waals surface area contributed by atoms with Crippen LogP contribution in [0.2, 0.25) is 0 Å². The van der Waals surface area contributed by atoms with Gasteiger partial charge in [-0.3, -0.25) is 4.79 Å². The molecule has 17 heavy (non-hydrogen) atoms. The minimum atomic E-state index is -0.379. The van der Waals surface area contributed by atoms with Gasteiger partial charge in [0.05, 0.1) is 0 Å². The van der Waals surface area contributed by atoms with Gasteiger partial charge in [0.2, 0.25) is 5.91 Å². The van der Waals surface area contributed by atoms with Gasteiger partial charge >= 0.3 is 0 Å².